The van der Waals surface area contributed by atoms with Crippen LogP contribution < -0.4 is 0 Å². The van der Waals surface area contributed by atoms with Crippen molar-refractivity contribution in [2.45, 2.75) is 71.9 Å². The lowest BCUT2D eigenvalue weighted by atomic mass is 10.1. The van der Waals surface area contributed by atoms with Gasteiger partial charge in [0.1, 0.15) is 0 Å². The Morgan fingerprint density at radius 3 is 2.25 bits per heavy atom. The van der Waals surface area contributed by atoms with Crippen LogP contribution in [0, 0.1) is 5.92 Å². The van der Waals surface area contributed by atoms with Gasteiger partial charge in [0.15, 0.2) is 8.03 Å². The van der Waals surface area contributed by atoms with Gasteiger partial charge in [0.05, 0.1) is 6.61 Å². The lowest BCUT2D eigenvalue weighted by Crippen LogP contribution is -2.02. The summed E-state index contributed by atoms with van der Waals surface area (Å²) in [4.78, 5) is 0. The maximum absolute atomic E-state index is 11.7. The smallest absolute Gasteiger partial charge is 0.194 e. The molecule has 0 fully saturated rings. The molecule has 16 heavy (non-hydrogen) atoms. The van der Waals surface area contributed by atoms with Gasteiger partial charge in [-0.15, -0.1) is 0 Å². The van der Waals surface area contributed by atoms with E-state index in [0.717, 1.165) is 6.42 Å². The highest BCUT2D eigenvalue weighted by atomic mass is 31.1. The molecule has 2 unspecified atom stereocenters. The topological polar surface area (TPSA) is 26.3 Å². The van der Waals surface area contributed by atoms with Gasteiger partial charge in [0, 0.05) is 5.66 Å². The van der Waals surface area contributed by atoms with E-state index in [1.807, 2.05) is 0 Å². The van der Waals surface area contributed by atoms with Crippen LogP contribution >= 0.6 is 8.03 Å². The molecule has 2 nitrogen and oxygen atoms in total. The first-order valence-electron chi connectivity index (χ1n) is 6.74. The quantitative estimate of drug-likeness (QED) is 0.406. The second-order valence-corrected chi connectivity index (χ2v) is 7.04. The molecule has 0 aliphatic heterocycles. The molecule has 98 valence electrons. The van der Waals surface area contributed by atoms with E-state index >= 15 is 0 Å². The van der Waals surface area contributed by atoms with E-state index in [2.05, 4.69) is 27.7 Å². The summed E-state index contributed by atoms with van der Waals surface area (Å²) in [6.07, 6.45) is 7.45. The lowest BCUT2D eigenvalue weighted by molar-refractivity contribution is 0.278. The zero-order valence-electron chi connectivity index (χ0n) is 11.4. The first-order valence-corrected chi connectivity index (χ1v) is 8.14. The Morgan fingerprint density at radius 2 is 1.69 bits per heavy atom. The van der Waals surface area contributed by atoms with Gasteiger partial charge in [-0.2, -0.15) is 0 Å². The fourth-order valence-electron chi connectivity index (χ4n) is 1.56. The summed E-state index contributed by atoms with van der Waals surface area (Å²) >= 11 is 0. The third kappa shape index (κ3) is 9.42. The molecule has 0 aromatic rings. The van der Waals surface area contributed by atoms with E-state index in [0.29, 0.717) is 12.5 Å². The van der Waals surface area contributed by atoms with Gasteiger partial charge in [-0.05, 0) is 12.3 Å². The summed E-state index contributed by atoms with van der Waals surface area (Å²) in [6, 6.07) is 0. The van der Waals surface area contributed by atoms with Crippen molar-refractivity contribution in [1.29, 1.82) is 0 Å². The van der Waals surface area contributed by atoms with E-state index in [1.165, 1.54) is 32.1 Å². The Balaban J connectivity index is 3.47. The van der Waals surface area contributed by atoms with Crippen molar-refractivity contribution < 1.29 is 9.09 Å². The van der Waals surface area contributed by atoms with Gasteiger partial charge in [-0.3, -0.25) is 4.57 Å². The van der Waals surface area contributed by atoms with Gasteiger partial charge < -0.3 is 4.52 Å². The third-order valence-electron chi connectivity index (χ3n) is 2.70. The average molecular weight is 248 g/mol. The Morgan fingerprint density at radius 1 is 1.06 bits per heavy atom. The van der Waals surface area contributed by atoms with Crippen LogP contribution in [0.4, 0.5) is 0 Å². The lowest BCUT2D eigenvalue weighted by Gasteiger charge is -2.13. The molecule has 0 spiro atoms. The predicted octanol–water partition coefficient (Wildman–Crippen LogP) is 4.88. The van der Waals surface area contributed by atoms with Crippen molar-refractivity contribution in [3.63, 3.8) is 0 Å². The monoisotopic (exact) mass is 248 g/mol. The van der Waals surface area contributed by atoms with Crippen LogP contribution in [0.15, 0.2) is 0 Å². The molecule has 0 saturated carbocycles. The summed E-state index contributed by atoms with van der Waals surface area (Å²) in [5.74, 6) is 0.478. The first kappa shape index (κ1) is 16.2. The van der Waals surface area contributed by atoms with Crippen molar-refractivity contribution >= 4 is 8.03 Å². The van der Waals surface area contributed by atoms with E-state index in [1.54, 1.807) is 0 Å². The first-order chi connectivity index (χ1) is 7.57. The molecule has 0 bridgehead atoms. The van der Waals surface area contributed by atoms with Crippen LogP contribution in [-0.2, 0) is 9.09 Å². The SMILES string of the molecule is CCCCCCCC(C)[PH](=O)OCC(C)C. The molecule has 0 radical (unpaired) electrons. The van der Waals surface area contributed by atoms with Crippen LogP contribution in [0.25, 0.3) is 0 Å². The third-order valence-corrected chi connectivity index (χ3v) is 4.25. The Labute approximate surface area is 102 Å². The van der Waals surface area contributed by atoms with Gasteiger partial charge in [0.25, 0.3) is 0 Å². The average Bonchev–Trinajstić information content (AvgIpc) is 2.25. The van der Waals surface area contributed by atoms with E-state index in [-0.39, 0.29) is 5.66 Å². The molecule has 3 heteroatoms. The van der Waals surface area contributed by atoms with Crippen molar-refractivity contribution in [3.8, 4) is 0 Å². The molecule has 0 aliphatic rings. The predicted molar refractivity (Wildman–Crippen MR) is 72.6 cm³/mol. The maximum Gasteiger partial charge on any atom is 0.194 e. The van der Waals surface area contributed by atoms with Gasteiger partial charge in [-0.25, -0.2) is 0 Å². The summed E-state index contributed by atoms with van der Waals surface area (Å²) in [5, 5.41) is 0. The number of rotatable bonds is 10. The Bertz CT molecular complexity index is 181. The van der Waals surface area contributed by atoms with Gasteiger partial charge in [-0.1, -0.05) is 59.8 Å². The van der Waals surface area contributed by atoms with Gasteiger partial charge >= 0.3 is 0 Å². The fourth-order valence-corrected chi connectivity index (χ4v) is 2.78. The Hall–Kier alpha value is 0.190. The molecule has 0 heterocycles. The molecule has 2 atom stereocenters. The molecule has 0 aromatic heterocycles. The zero-order valence-corrected chi connectivity index (χ0v) is 12.4. The van der Waals surface area contributed by atoms with Gasteiger partial charge in [0.2, 0.25) is 0 Å². The molecule has 0 amide bonds. The van der Waals surface area contributed by atoms with Crippen LogP contribution in [-0.4, -0.2) is 12.3 Å². The van der Waals surface area contributed by atoms with Crippen LogP contribution in [0.5, 0.6) is 0 Å². The van der Waals surface area contributed by atoms with Crippen molar-refractivity contribution in [2.75, 3.05) is 6.61 Å². The summed E-state index contributed by atoms with van der Waals surface area (Å²) in [7, 11) is -1.81. The second kappa shape index (κ2) is 10.4. The van der Waals surface area contributed by atoms with E-state index in [4.69, 9.17) is 4.52 Å². The standard InChI is InChI=1S/C13H29O2P/c1-5-6-7-8-9-10-13(4)16(14)15-11-12(2)3/h12-13,16H,5-11H2,1-4H3. The minimum Gasteiger partial charge on any atom is -0.330 e. The largest absolute Gasteiger partial charge is 0.330 e. The summed E-state index contributed by atoms with van der Waals surface area (Å²) in [5.41, 5.74) is 0.255. The molecular formula is C13H29O2P. The van der Waals surface area contributed by atoms with Crippen molar-refractivity contribution in [3.05, 3.63) is 0 Å². The number of unbranched alkanes of at least 4 members (excludes halogenated alkanes) is 4. The zero-order chi connectivity index (χ0) is 12.4. The van der Waals surface area contributed by atoms with E-state index in [9.17, 15) is 4.57 Å². The summed E-state index contributed by atoms with van der Waals surface area (Å²) < 4.78 is 17.1. The minimum atomic E-state index is -1.81. The molecule has 0 saturated heterocycles. The van der Waals surface area contributed by atoms with Crippen LogP contribution in [0.3, 0.4) is 0 Å². The fraction of sp³-hybridized carbons (Fsp3) is 1.00. The van der Waals surface area contributed by atoms with Crippen molar-refractivity contribution in [2.24, 2.45) is 5.92 Å². The molecule has 0 aliphatic carbocycles. The molecular weight excluding hydrogens is 219 g/mol. The second-order valence-electron chi connectivity index (χ2n) is 5.13. The number of hydrogen-bond acceptors (Lipinski definition) is 2. The Kier molecular flexibility index (Phi) is 10.5. The van der Waals surface area contributed by atoms with E-state index < -0.39 is 8.03 Å². The van der Waals surface area contributed by atoms with Crippen LogP contribution in [0.1, 0.15) is 66.2 Å². The highest BCUT2D eigenvalue weighted by Crippen LogP contribution is 2.33. The molecule has 0 rings (SSSR count). The number of hydrogen-bond donors (Lipinski definition) is 0. The maximum atomic E-state index is 11.7. The highest BCUT2D eigenvalue weighted by Gasteiger charge is 2.11. The molecule has 0 N–H and O–H groups in total. The molecule has 0 aromatic carbocycles. The normalized spacial score (nSPS) is 15.3. The van der Waals surface area contributed by atoms with Crippen molar-refractivity contribution in [1.82, 2.24) is 0 Å². The van der Waals surface area contributed by atoms with Crippen LogP contribution in [0.2, 0.25) is 0 Å². The highest BCUT2D eigenvalue weighted by molar-refractivity contribution is 7.40. The summed E-state index contributed by atoms with van der Waals surface area (Å²) in [6.45, 7) is 9.09. The minimum absolute atomic E-state index is 0.255.